The highest BCUT2D eigenvalue weighted by atomic mass is 35.5. The normalized spacial score (nSPS) is 19.4. The van der Waals surface area contributed by atoms with Gasteiger partial charge in [-0.3, -0.25) is 0 Å². The Morgan fingerprint density at radius 3 is 3.00 bits per heavy atom. The van der Waals surface area contributed by atoms with Gasteiger partial charge in [-0.2, -0.15) is 4.98 Å². The Morgan fingerprint density at radius 1 is 1.40 bits per heavy atom. The molecule has 2 aromatic rings. The van der Waals surface area contributed by atoms with Crippen LogP contribution in [-0.2, 0) is 0 Å². The number of methoxy groups -OCH3 is 1. The molecule has 1 aliphatic heterocycles. The summed E-state index contributed by atoms with van der Waals surface area (Å²) in [4.78, 5) is 10.9. The lowest BCUT2D eigenvalue weighted by atomic mass is 10.1. The lowest BCUT2D eigenvalue weighted by Crippen LogP contribution is -2.43. The Bertz CT molecular complexity index is 634. The van der Waals surface area contributed by atoms with E-state index in [-0.39, 0.29) is 11.3 Å². The van der Waals surface area contributed by atoms with Crippen LogP contribution in [0.3, 0.4) is 0 Å². The molecular formula is C14H17ClN4O. The quantitative estimate of drug-likeness (QED) is 0.860. The lowest BCUT2D eigenvalue weighted by Gasteiger charge is -2.32. The van der Waals surface area contributed by atoms with Crippen LogP contribution in [0.4, 0.5) is 5.82 Å². The van der Waals surface area contributed by atoms with Crippen LogP contribution >= 0.6 is 11.6 Å². The van der Waals surface area contributed by atoms with Gasteiger partial charge in [0.1, 0.15) is 11.6 Å². The van der Waals surface area contributed by atoms with Crippen molar-refractivity contribution in [1.29, 1.82) is 0 Å². The van der Waals surface area contributed by atoms with Crippen LogP contribution in [0.25, 0.3) is 10.9 Å². The van der Waals surface area contributed by atoms with Crippen molar-refractivity contribution in [2.45, 2.75) is 18.9 Å². The molecule has 1 aromatic carbocycles. The van der Waals surface area contributed by atoms with Crippen molar-refractivity contribution in [2.24, 2.45) is 5.73 Å². The largest absolute Gasteiger partial charge is 0.497 e. The Morgan fingerprint density at radius 2 is 2.25 bits per heavy atom. The monoisotopic (exact) mass is 292 g/mol. The molecule has 1 aliphatic rings. The first-order chi connectivity index (χ1) is 9.67. The Labute approximate surface area is 122 Å². The summed E-state index contributed by atoms with van der Waals surface area (Å²) in [5, 5.41) is 1.21. The van der Waals surface area contributed by atoms with Gasteiger partial charge in [-0.1, -0.05) is 0 Å². The molecule has 0 spiro atoms. The molecule has 20 heavy (non-hydrogen) atoms. The summed E-state index contributed by atoms with van der Waals surface area (Å²) in [7, 11) is 1.65. The van der Waals surface area contributed by atoms with Crippen LogP contribution in [0.15, 0.2) is 18.2 Å². The molecule has 106 valence electrons. The zero-order valence-electron chi connectivity index (χ0n) is 11.3. The molecule has 3 rings (SSSR count). The van der Waals surface area contributed by atoms with Crippen molar-refractivity contribution < 1.29 is 4.74 Å². The van der Waals surface area contributed by atoms with Crippen molar-refractivity contribution in [3.8, 4) is 5.75 Å². The van der Waals surface area contributed by atoms with Crippen molar-refractivity contribution in [3.05, 3.63) is 23.5 Å². The highest BCUT2D eigenvalue weighted by molar-refractivity contribution is 6.28. The number of nitrogens with two attached hydrogens (primary N) is 1. The number of hydrogen-bond donors (Lipinski definition) is 1. The molecule has 6 heteroatoms. The van der Waals surface area contributed by atoms with E-state index in [4.69, 9.17) is 22.1 Å². The van der Waals surface area contributed by atoms with Crippen LogP contribution in [0.2, 0.25) is 5.28 Å². The fraction of sp³-hybridized carbons (Fsp3) is 0.429. The number of rotatable bonds is 2. The van der Waals surface area contributed by atoms with E-state index < -0.39 is 0 Å². The number of hydrogen-bond acceptors (Lipinski definition) is 5. The number of piperidine rings is 1. The zero-order valence-corrected chi connectivity index (χ0v) is 12.1. The van der Waals surface area contributed by atoms with E-state index in [9.17, 15) is 0 Å². The summed E-state index contributed by atoms with van der Waals surface area (Å²) < 4.78 is 5.28. The maximum Gasteiger partial charge on any atom is 0.224 e. The van der Waals surface area contributed by atoms with E-state index in [1.807, 2.05) is 18.2 Å². The molecule has 2 N–H and O–H groups in total. The first-order valence-corrected chi connectivity index (χ1v) is 7.07. The molecule has 0 saturated carbocycles. The third-order valence-corrected chi connectivity index (χ3v) is 3.78. The Balaban J connectivity index is 2.12. The second-order valence-electron chi connectivity index (χ2n) is 5.05. The third kappa shape index (κ3) is 2.51. The summed E-state index contributed by atoms with van der Waals surface area (Å²) in [5.74, 6) is 1.63. The van der Waals surface area contributed by atoms with Crippen LogP contribution in [0.5, 0.6) is 5.75 Å². The number of fused-ring (bicyclic) bond motifs is 1. The van der Waals surface area contributed by atoms with Gasteiger partial charge in [0.05, 0.1) is 12.6 Å². The second-order valence-corrected chi connectivity index (χ2v) is 5.39. The summed E-state index contributed by atoms with van der Waals surface area (Å²) in [5.41, 5.74) is 6.88. The Hall–Kier alpha value is -1.59. The smallest absolute Gasteiger partial charge is 0.224 e. The van der Waals surface area contributed by atoms with Gasteiger partial charge in [0.15, 0.2) is 0 Å². The van der Waals surface area contributed by atoms with Gasteiger partial charge in [0, 0.05) is 24.5 Å². The molecule has 0 bridgehead atoms. The summed E-state index contributed by atoms with van der Waals surface area (Å²) in [6.45, 7) is 1.73. The first-order valence-electron chi connectivity index (χ1n) is 6.69. The van der Waals surface area contributed by atoms with Gasteiger partial charge < -0.3 is 15.4 Å². The van der Waals surface area contributed by atoms with Crippen molar-refractivity contribution in [2.75, 3.05) is 25.1 Å². The summed E-state index contributed by atoms with van der Waals surface area (Å²) >= 11 is 6.04. The average molecular weight is 293 g/mol. The Kier molecular flexibility index (Phi) is 3.63. The topological polar surface area (TPSA) is 64.3 Å². The van der Waals surface area contributed by atoms with Gasteiger partial charge in [0.2, 0.25) is 5.28 Å². The predicted molar refractivity (Wildman–Crippen MR) is 80.5 cm³/mol. The highest BCUT2D eigenvalue weighted by Crippen LogP contribution is 2.30. The molecule has 5 nitrogen and oxygen atoms in total. The van der Waals surface area contributed by atoms with Crippen LogP contribution in [0.1, 0.15) is 12.8 Å². The SMILES string of the molecule is COc1ccc2nc(Cl)nc(N3CCCC(N)C3)c2c1. The molecular weight excluding hydrogens is 276 g/mol. The number of ether oxygens (including phenoxy) is 1. The number of anilines is 1. The molecule has 1 aromatic heterocycles. The zero-order chi connectivity index (χ0) is 14.1. The number of benzene rings is 1. The number of aromatic nitrogens is 2. The minimum absolute atomic E-state index is 0.179. The summed E-state index contributed by atoms with van der Waals surface area (Å²) in [6.07, 6.45) is 2.12. The average Bonchev–Trinajstić information content (AvgIpc) is 2.46. The van der Waals surface area contributed by atoms with Crippen molar-refractivity contribution >= 4 is 28.3 Å². The van der Waals surface area contributed by atoms with Gasteiger partial charge in [-0.25, -0.2) is 4.98 Å². The van der Waals surface area contributed by atoms with Gasteiger partial charge in [0.25, 0.3) is 0 Å². The molecule has 1 unspecified atom stereocenters. The van der Waals surface area contributed by atoms with Gasteiger partial charge in [-0.05, 0) is 42.6 Å². The van der Waals surface area contributed by atoms with E-state index in [1.165, 1.54) is 0 Å². The van der Waals surface area contributed by atoms with Gasteiger partial charge in [-0.15, -0.1) is 0 Å². The maximum absolute atomic E-state index is 6.06. The fourth-order valence-electron chi connectivity index (χ4n) is 2.63. The first kappa shape index (κ1) is 13.4. The number of halogens is 1. The number of nitrogens with zero attached hydrogens (tertiary/aromatic N) is 3. The lowest BCUT2D eigenvalue weighted by molar-refractivity contribution is 0.415. The van der Waals surface area contributed by atoms with Gasteiger partial charge >= 0.3 is 0 Å². The van der Waals surface area contributed by atoms with E-state index in [0.717, 1.165) is 48.4 Å². The van der Waals surface area contributed by atoms with Crippen LogP contribution in [-0.4, -0.2) is 36.2 Å². The van der Waals surface area contributed by atoms with Crippen LogP contribution < -0.4 is 15.4 Å². The molecule has 1 saturated heterocycles. The minimum atomic E-state index is 0.179. The standard InChI is InChI=1S/C14H17ClN4O/c1-20-10-4-5-12-11(7-10)13(18-14(15)17-12)19-6-2-3-9(16)8-19/h4-5,7,9H,2-3,6,8,16H2,1H3. The van der Waals surface area contributed by atoms with Crippen LogP contribution in [0, 0.1) is 0 Å². The van der Waals surface area contributed by atoms with Crippen molar-refractivity contribution in [3.63, 3.8) is 0 Å². The molecule has 2 heterocycles. The maximum atomic E-state index is 6.06. The van der Waals surface area contributed by atoms with E-state index in [0.29, 0.717) is 0 Å². The summed E-state index contributed by atoms with van der Waals surface area (Å²) in [6, 6.07) is 5.89. The molecule has 0 amide bonds. The van der Waals surface area contributed by atoms with E-state index >= 15 is 0 Å². The highest BCUT2D eigenvalue weighted by Gasteiger charge is 2.21. The van der Waals surface area contributed by atoms with Crippen molar-refractivity contribution in [1.82, 2.24) is 9.97 Å². The third-order valence-electron chi connectivity index (χ3n) is 3.61. The predicted octanol–water partition coefficient (Wildman–Crippen LogP) is 2.22. The fourth-order valence-corrected chi connectivity index (χ4v) is 2.81. The van der Waals surface area contributed by atoms with E-state index in [1.54, 1.807) is 7.11 Å². The molecule has 0 radical (unpaired) electrons. The minimum Gasteiger partial charge on any atom is -0.497 e. The molecule has 1 fully saturated rings. The molecule has 0 aliphatic carbocycles. The van der Waals surface area contributed by atoms with E-state index in [2.05, 4.69) is 14.9 Å². The molecule has 1 atom stereocenters. The second kappa shape index (κ2) is 5.42.